The molecule has 2 aromatic rings. The lowest BCUT2D eigenvalue weighted by molar-refractivity contribution is 0.617. The number of hydrogen-bond acceptors (Lipinski definition) is 4. The van der Waals surface area contributed by atoms with Crippen molar-refractivity contribution in [3.8, 4) is 5.82 Å². The number of H-pyrrole nitrogens is 1. The Labute approximate surface area is 80.3 Å². The zero-order chi connectivity index (χ0) is 9.38. The summed E-state index contributed by atoms with van der Waals surface area (Å²) in [6.45, 7) is 1.79. The van der Waals surface area contributed by atoms with Crippen molar-refractivity contribution in [3.05, 3.63) is 23.7 Å². The number of fused-ring (bicyclic) bond motifs is 1. The summed E-state index contributed by atoms with van der Waals surface area (Å²) in [4.78, 5) is 0. The normalized spacial score (nSPS) is 15.4. The van der Waals surface area contributed by atoms with Crippen LogP contribution in [0, 0.1) is 0 Å². The quantitative estimate of drug-likeness (QED) is 0.644. The van der Waals surface area contributed by atoms with Crippen LogP contribution in [-0.2, 0) is 13.0 Å². The van der Waals surface area contributed by atoms with Crippen LogP contribution in [0.5, 0.6) is 0 Å². The lowest BCUT2D eigenvalue weighted by Crippen LogP contribution is -2.24. The summed E-state index contributed by atoms with van der Waals surface area (Å²) in [7, 11) is 0. The molecule has 6 nitrogen and oxygen atoms in total. The minimum atomic E-state index is 0.809. The van der Waals surface area contributed by atoms with Crippen molar-refractivity contribution in [1.82, 2.24) is 30.5 Å². The van der Waals surface area contributed by atoms with Gasteiger partial charge < -0.3 is 5.32 Å². The topological polar surface area (TPSA) is 71.4 Å². The van der Waals surface area contributed by atoms with E-state index in [9.17, 15) is 0 Å². The van der Waals surface area contributed by atoms with E-state index >= 15 is 0 Å². The van der Waals surface area contributed by atoms with Gasteiger partial charge in [-0.15, -0.1) is 5.10 Å². The lowest BCUT2D eigenvalue weighted by atomic mass is 10.2. The van der Waals surface area contributed by atoms with Crippen LogP contribution in [0.25, 0.3) is 5.82 Å². The van der Waals surface area contributed by atoms with Gasteiger partial charge >= 0.3 is 0 Å². The maximum absolute atomic E-state index is 4.12. The van der Waals surface area contributed by atoms with Crippen LogP contribution < -0.4 is 5.32 Å². The maximum Gasteiger partial charge on any atom is 0.151 e. The molecule has 1 aliphatic heterocycles. The highest BCUT2D eigenvalue weighted by atomic mass is 15.5. The molecule has 0 atom stereocenters. The van der Waals surface area contributed by atoms with Crippen LogP contribution in [0.4, 0.5) is 0 Å². The fourth-order valence-corrected chi connectivity index (χ4v) is 1.69. The predicted molar refractivity (Wildman–Crippen MR) is 48.9 cm³/mol. The molecule has 0 fully saturated rings. The standard InChI is InChI=1S/C8H10N6/c1-3-9-5-6-7(1)14(13-11-6)8-2-4-10-12-8/h2,4,9H,1,3,5H2,(H,10,12). The van der Waals surface area contributed by atoms with Crippen LogP contribution in [0.2, 0.25) is 0 Å². The van der Waals surface area contributed by atoms with Gasteiger partial charge in [0.05, 0.1) is 11.9 Å². The molecule has 0 amide bonds. The molecule has 1 aliphatic rings. The minimum absolute atomic E-state index is 0.809. The molecule has 0 aromatic carbocycles. The zero-order valence-corrected chi connectivity index (χ0v) is 7.56. The second-order valence-corrected chi connectivity index (χ2v) is 3.26. The Morgan fingerprint density at radius 2 is 2.43 bits per heavy atom. The monoisotopic (exact) mass is 190 g/mol. The van der Waals surface area contributed by atoms with Gasteiger partial charge in [-0.05, 0) is 0 Å². The van der Waals surface area contributed by atoms with E-state index in [1.165, 1.54) is 5.69 Å². The van der Waals surface area contributed by atoms with Crippen LogP contribution >= 0.6 is 0 Å². The third-order valence-corrected chi connectivity index (χ3v) is 2.39. The van der Waals surface area contributed by atoms with Crippen molar-refractivity contribution in [2.24, 2.45) is 0 Å². The summed E-state index contributed by atoms with van der Waals surface area (Å²) in [5, 5.41) is 18.2. The molecule has 0 unspecified atom stereocenters. The van der Waals surface area contributed by atoms with Crippen molar-refractivity contribution in [2.45, 2.75) is 13.0 Å². The SMILES string of the molecule is c1cc(-n2nnc3c2CCNC3)[nH]n1. The van der Waals surface area contributed by atoms with Crippen LogP contribution in [0.15, 0.2) is 12.3 Å². The summed E-state index contributed by atoms with van der Waals surface area (Å²) in [5.74, 6) is 0.876. The first-order valence-corrected chi connectivity index (χ1v) is 4.59. The maximum atomic E-state index is 4.12. The van der Waals surface area contributed by atoms with E-state index in [2.05, 4.69) is 25.8 Å². The smallest absolute Gasteiger partial charge is 0.151 e. The second kappa shape index (κ2) is 2.91. The fourth-order valence-electron chi connectivity index (χ4n) is 1.69. The number of hydrogen-bond donors (Lipinski definition) is 2. The predicted octanol–water partition coefficient (Wildman–Crippen LogP) is -0.364. The largest absolute Gasteiger partial charge is 0.311 e. The molecule has 2 aromatic heterocycles. The van der Waals surface area contributed by atoms with Gasteiger partial charge in [-0.2, -0.15) is 9.78 Å². The third-order valence-electron chi connectivity index (χ3n) is 2.39. The van der Waals surface area contributed by atoms with E-state index in [-0.39, 0.29) is 0 Å². The Hall–Kier alpha value is -1.69. The van der Waals surface area contributed by atoms with Crippen molar-refractivity contribution in [2.75, 3.05) is 6.54 Å². The Morgan fingerprint density at radius 3 is 3.29 bits per heavy atom. The highest BCUT2D eigenvalue weighted by Crippen LogP contribution is 2.13. The average molecular weight is 190 g/mol. The molecule has 0 bridgehead atoms. The van der Waals surface area contributed by atoms with Crippen LogP contribution in [0.1, 0.15) is 11.4 Å². The summed E-state index contributed by atoms with van der Waals surface area (Å²) in [5.41, 5.74) is 2.21. The molecule has 6 heteroatoms. The van der Waals surface area contributed by atoms with Gasteiger partial charge in [-0.3, -0.25) is 5.10 Å². The first-order chi connectivity index (χ1) is 6.95. The molecule has 0 spiro atoms. The number of nitrogens with zero attached hydrogens (tertiary/aromatic N) is 4. The summed E-state index contributed by atoms with van der Waals surface area (Å²) in [6.07, 6.45) is 2.67. The van der Waals surface area contributed by atoms with Gasteiger partial charge in [0.1, 0.15) is 5.69 Å². The van der Waals surface area contributed by atoms with Crippen LogP contribution in [-0.4, -0.2) is 31.7 Å². The molecule has 0 radical (unpaired) electrons. The zero-order valence-electron chi connectivity index (χ0n) is 7.56. The molecule has 72 valence electrons. The molecule has 3 heterocycles. The fraction of sp³-hybridized carbons (Fsp3) is 0.375. The summed E-state index contributed by atoms with van der Waals surface area (Å²) in [6, 6.07) is 1.89. The van der Waals surface area contributed by atoms with Crippen molar-refractivity contribution in [1.29, 1.82) is 0 Å². The number of nitrogens with one attached hydrogen (secondary N) is 2. The van der Waals surface area contributed by atoms with Crippen molar-refractivity contribution < 1.29 is 0 Å². The van der Waals surface area contributed by atoms with Gasteiger partial charge in [0.15, 0.2) is 5.82 Å². The van der Waals surface area contributed by atoms with Crippen LogP contribution in [0.3, 0.4) is 0 Å². The summed E-state index contributed by atoms with van der Waals surface area (Å²) >= 11 is 0. The number of aromatic nitrogens is 5. The molecular weight excluding hydrogens is 180 g/mol. The molecule has 0 saturated carbocycles. The minimum Gasteiger partial charge on any atom is -0.311 e. The van der Waals surface area contributed by atoms with Gasteiger partial charge in [0, 0.05) is 25.6 Å². The highest BCUT2D eigenvalue weighted by Gasteiger charge is 2.17. The van der Waals surface area contributed by atoms with Gasteiger partial charge in [0.25, 0.3) is 0 Å². The summed E-state index contributed by atoms with van der Waals surface area (Å²) < 4.78 is 1.82. The Kier molecular flexibility index (Phi) is 1.60. The van der Waals surface area contributed by atoms with E-state index in [0.717, 1.165) is 31.0 Å². The molecule has 14 heavy (non-hydrogen) atoms. The van der Waals surface area contributed by atoms with E-state index in [4.69, 9.17) is 0 Å². The van der Waals surface area contributed by atoms with Gasteiger partial charge in [-0.25, -0.2) is 0 Å². The Bertz CT molecular complexity index is 429. The Balaban J connectivity index is 2.11. The second-order valence-electron chi connectivity index (χ2n) is 3.26. The van der Waals surface area contributed by atoms with Gasteiger partial charge in [-0.1, -0.05) is 5.21 Å². The van der Waals surface area contributed by atoms with Gasteiger partial charge in [0.2, 0.25) is 0 Å². The average Bonchev–Trinajstić information content (AvgIpc) is 2.85. The first-order valence-electron chi connectivity index (χ1n) is 4.59. The number of rotatable bonds is 1. The molecule has 0 aliphatic carbocycles. The highest BCUT2D eigenvalue weighted by molar-refractivity contribution is 5.25. The van der Waals surface area contributed by atoms with E-state index in [1.54, 1.807) is 6.20 Å². The molecule has 3 rings (SSSR count). The lowest BCUT2D eigenvalue weighted by Gasteiger charge is -2.11. The Morgan fingerprint density at radius 1 is 1.43 bits per heavy atom. The van der Waals surface area contributed by atoms with E-state index in [1.807, 2.05) is 10.7 Å². The molecular formula is C8H10N6. The molecule has 0 saturated heterocycles. The number of aromatic amines is 1. The van der Waals surface area contributed by atoms with Crippen molar-refractivity contribution >= 4 is 0 Å². The van der Waals surface area contributed by atoms with E-state index < -0.39 is 0 Å². The van der Waals surface area contributed by atoms with Crippen molar-refractivity contribution in [3.63, 3.8) is 0 Å². The van der Waals surface area contributed by atoms with E-state index in [0.29, 0.717) is 0 Å². The third kappa shape index (κ3) is 1.04. The molecule has 2 N–H and O–H groups in total. The first kappa shape index (κ1) is 7.69.